The maximum atomic E-state index is 9.80. The topological polar surface area (TPSA) is 76.0 Å². The zero-order valence-corrected chi connectivity index (χ0v) is 9.63. The van der Waals surface area contributed by atoms with Gasteiger partial charge in [0, 0.05) is 31.7 Å². The van der Waals surface area contributed by atoms with E-state index in [-0.39, 0.29) is 24.1 Å². The maximum absolute atomic E-state index is 9.80. The van der Waals surface area contributed by atoms with Crippen LogP contribution in [0.2, 0.25) is 0 Å². The standard InChI is InChI=1S/C12H18N2O3/c15-8-11(14-5-3-13-4-6-14)10-7-9(16)1-2-12(10)17/h1-2,7,11,13,15-17H,3-6,8H2/t11-/m0/s1. The molecule has 1 aliphatic heterocycles. The van der Waals surface area contributed by atoms with Crippen LogP contribution in [0.15, 0.2) is 18.2 Å². The Kier molecular flexibility index (Phi) is 3.83. The number of piperazine rings is 1. The number of aromatic hydroxyl groups is 2. The molecule has 0 amide bonds. The second-order valence-corrected chi connectivity index (χ2v) is 4.23. The first-order valence-electron chi connectivity index (χ1n) is 5.80. The Morgan fingerprint density at radius 3 is 2.59 bits per heavy atom. The Hall–Kier alpha value is -1.30. The molecule has 17 heavy (non-hydrogen) atoms. The third-order valence-electron chi connectivity index (χ3n) is 3.14. The van der Waals surface area contributed by atoms with Gasteiger partial charge in [-0.3, -0.25) is 4.90 Å². The molecule has 5 nitrogen and oxygen atoms in total. The number of phenols is 2. The van der Waals surface area contributed by atoms with E-state index >= 15 is 0 Å². The van der Waals surface area contributed by atoms with Gasteiger partial charge in [0.05, 0.1) is 12.6 Å². The summed E-state index contributed by atoms with van der Waals surface area (Å²) < 4.78 is 0. The van der Waals surface area contributed by atoms with Crippen molar-refractivity contribution in [1.29, 1.82) is 0 Å². The molecule has 1 aromatic rings. The largest absolute Gasteiger partial charge is 0.508 e. The highest BCUT2D eigenvalue weighted by Crippen LogP contribution is 2.31. The lowest BCUT2D eigenvalue weighted by molar-refractivity contribution is 0.109. The maximum Gasteiger partial charge on any atom is 0.120 e. The highest BCUT2D eigenvalue weighted by atomic mass is 16.3. The van der Waals surface area contributed by atoms with E-state index in [0.717, 1.165) is 26.2 Å². The molecule has 0 aliphatic carbocycles. The molecule has 0 aromatic heterocycles. The zero-order chi connectivity index (χ0) is 12.3. The molecular weight excluding hydrogens is 220 g/mol. The minimum absolute atomic E-state index is 0.0724. The Morgan fingerprint density at radius 1 is 1.24 bits per heavy atom. The SMILES string of the molecule is OC[C@@H](c1cc(O)ccc1O)N1CCNCC1. The van der Waals surface area contributed by atoms with Crippen molar-refractivity contribution < 1.29 is 15.3 Å². The molecular formula is C12H18N2O3. The van der Waals surface area contributed by atoms with Crippen LogP contribution in [-0.2, 0) is 0 Å². The van der Waals surface area contributed by atoms with Crippen LogP contribution in [-0.4, -0.2) is 53.0 Å². The fraction of sp³-hybridized carbons (Fsp3) is 0.500. The number of nitrogens with zero attached hydrogens (tertiary/aromatic N) is 1. The van der Waals surface area contributed by atoms with Gasteiger partial charge in [-0.15, -0.1) is 0 Å². The Morgan fingerprint density at radius 2 is 1.94 bits per heavy atom. The Balaban J connectivity index is 2.24. The van der Waals surface area contributed by atoms with Gasteiger partial charge >= 0.3 is 0 Å². The third kappa shape index (κ3) is 2.69. The highest BCUT2D eigenvalue weighted by molar-refractivity contribution is 5.40. The Labute approximate surface area is 100 Å². The summed E-state index contributed by atoms with van der Waals surface area (Å²) in [5.41, 5.74) is 0.578. The minimum atomic E-state index is -0.260. The van der Waals surface area contributed by atoms with Crippen molar-refractivity contribution in [2.24, 2.45) is 0 Å². The van der Waals surface area contributed by atoms with Crippen molar-refractivity contribution in [2.75, 3.05) is 32.8 Å². The van der Waals surface area contributed by atoms with E-state index < -0.39 is 0 Å². The van der Waals surface area contributed by atoms with Crippen LogP contribution in [0.25, 0.3) is 0 Å². The van der Waals surface area contributed by atoms with Gasteiger partial charge in [-0.2, -0.15) is 0 Å². The lowest BCUT2D eigenvalue weighted by atomic mass is 10.0. The first-order valence-corrected chi connectivity index (χ1v) is 5.80. The van der Waals surface area contributed by atoms with Crippen molar-refractivity contribution in [1.82, 2.24) is 10.2 Å². The number of benzene rings is 1. The van der Waals surface area contributed by atoms with Crippen LogP contribution in [0.3, 0.4) is 0 Å². The molecule has 1 fully saturated rings. The summed E-state index contributed by atoms with van der Waals surface area (Å²) in [4.78, 5) is 2.10. The van der Waals surface area contributed by atoms with Crippen LogP contribution < -0.4 is 5.32 Å². The predicted molar refractivity (Wildman–Crippen MR) is 64.0 cm³/mol. The van der Waals surface area contributed by atoms with Crippen molar-refractivity contribution >= 4 is 0 Å². The van der Waals surface area contributed by atoms with Gasteiger partial charge in [0.2, 0.25) is 0 Å². The number of aliphatic hydroxyl groups is 1. The Bertz CT molecular complexity index is 378. The lowest BCUT2D eigenvalue weighted by Crippen LogP contribution is -2.46. The summed E-state index contributed by atoms with van der Waals surface area (Å²) in [6.07, 6.45) is 0. The summed E-state index contributed by atoms with van der Waals surface area (Å²) in [7, 11) is 0. The predicted octanol–water partition coefficient (Wildman–Crippen LogP) is 0.0364. The van der Waals surface area contributed by atoms with E-state index in [4.69, 9.17) is 0 Å². The smallest absolute Gasteiger partial charge is 0.120 e. The fourth-order valence-electron chi connectivity index (χ4n) is 2.21. The second-order valence-electron chi connectivity index (χ2n) is 4.23. The molecule has 5 heteroatoms. The van der Waals surface area contributed by atoms with Crippen molar-refractivity contribution in [2.45, 2.75) is 6.04 Å². The number of aliphatic hydroxyl groups excluding tert-OH is 1. The average molecular weight is 238 g/mol. The number of hydrogen-bond donors (Lipinski definition) is 4. The van der Waals surface area contributed by atoms with Crippen molar-refractivity contribution in [3.63, 3.8) is 0 Å². The van der Waals surface area contributed by atoms with Crippen molar-refractivity contribution in [3.8, 4) is 11.5 Å². The molecule has 2 rings (SSSR count). The second kappa shape index (κ2) is 5.35. The van der Waals surface area contributed by atoms with Gasteiger partial charge in [-0.05, 0) is 18.2 Å². The molecule has 94 valence electrons. The van der Waals surface area contributed by atoms with Gasteiger partial charge < -0.3 is 20.6 Å². The summed E-state index contributed by atoms with van der Waals surface area (Å²) in [5.74, 6) is 0.215. The summed E-state index contributed by atoms with van der Waals surface area (Å²) in [6, 6.07) is 4.14. The number of hydrogen-bond acceptors (Lipinski definition) is 5. The van der Waals surface area contributed by atoms with Crippen LogP contribution in [0.1, 0.15) is 11.6 Å². The first-order chi connectivity index (χ1) is 8.22. The van der Waals surface area contributed by atoms with Crippen LogP contribution >= 0.6 is 0 Å². The van der Waals surface area contributed by atoms with Gasteiger partial charge in [0.25, 0.3) is 0 Å². The quantitative estimate of drug-likeness (QED) is 0.559. The lowest BCUT2D eigenvalue weighted by Gasteiger charge is -2.34. The molecule has 1 atom stereocenters. The molecule has 0 unspecified atom stereocenters. The summed E-state index contributed by atoms with van der Waals surface area (Å²) in [5, 5.41) is 32.0. The number of phenolic OH excluding ortho intramolecular Hbond substituents is 2. The molecule has 0 spiro atoms. The van der Waals surface area contributed by atoms with Gasteiger partial charge in [-0.1, -0.05) is 0 Å². The van der Waals surface area contributed by atoms with Gasteiger partial charge in [0.1, 0.15) is 11.5 Å². The third-order valence-corrected chi connectivity index (χ3v) is 3.14. The molecule has 4 N–H and O–H groups in total. The molecule has 0 radical (unpaired) electrons. The normalized spacial score (nSPS) is 19.1. The van der Waals surface area contributed by atoms with Crippen LogP contribution in [0, 0.1) is 0 Å². The average Bonchev–Trinajstić information content (AvgIpc) is 2.36. The monoisotopic (exact) mass is 238 g/mol. The number of nitrogens with one attached hydrogen (secondary N) is 1. The van der Waals surface area contributed by atoms with E-state index in [1.54, 1.807) is 0 Å². The molecule has 0 saturated carbocycles. The highest BCUT2D eigenvalue weighted by Gasteiger charge is 2.23. The summed E-state index contributed by atoms with van der Waals surface area (Å²) in [6.45, 7) is 3.31. The molecule has 1 aliphatic rings. The molecule has 1 heterocycles. The fourth-order valence-corrected chi connectivity index (χ4v) is 2.21. The van der Waals surface area contributed by atoms with Crippen LogP contribution in [0.5, 0.6) is 11.5 Å². The summed E-state index contributed by atoms with van der Waals surface area (Å²) >= 11 is 0. The number of rotatable bonds is 3. The molecule has 1 aromatic carbocycles. The first kappa shape index (κ1) is 12.2. The van der Waals surface area contributed by atoms with Gasteiger partial charge in [-0.25, -0.2) is 0 Å². The van der Waals surface area contributed by atoms with Gasteiger partial charge in [0.15, 0.2) is 0 Å². The zero-order valence-electron chi connectivity index (χ0n) is 9.63. The van der Waals surface area contributed by atoms with E-state index in [2.05, 4.69) is 10.2 Å². The molecule has 0 bridgehead atoms. The van der Waals surface area contributed by atoms with Crippen molar-refractivity contribution in [3.05, 3.63) is 23.8 Å². The minimum Gasteiger partial charge on any atom is -0.508 e. The van der Waals surface area contributed by atoms with E-state index in [1.165, 1.54) is 18.2 Å². The van der Waals surface area contributed by atoms with E-state index in [0.29, 0.717) is 5.56 Å². The van der Waals surface area contributed by atoms with E-state index in [1.807, 2.05) is 0 Å². The molecule has 1 saturated heterocycles. The van der Waals surface area contributed by atoms with Crippen LogP contribution in [0.4, 0.5) is 0 Å². The van der Waals surface area contributed by atoms with E-state index in [9.17, 15) is 15.3 Å².